The summed E-state index contributed by atoms with van der Waals surface area (Å²) in [6.07, 6.45) is 3.67. The molecule has 8 heteroatoms. The summed E-state index contributed by atoms with van der Waals surface area (Å²) < 4.78 is 21.5. The molecule has 0 saturated carbocycles. The third kappa shape index (κ3) is 3.30. The van der Waals surface area contributed by atoms with Gasteiger partial charge in [0.25, 0.3) is 5.91 Å². The van der Waals surface area contributed by atoms with Gasteiger partial charge >= 0.3 is 0 Å². The summed E-state index contributed by atoms with van der Waals surface area (Å²) in [5.74, 6) is 0.549. The maximum absolute atomic E-state index is 13.9. The van der Waals surface area contributed by atoms with Crippen LogP contribution in [0.1, 0.15) is 42.2 Å². The van der Waals surface area contributed by atoms with E-state index >= 15 is 0 Å². The largest absolute Gasteiger partial charge is 0.488 e. The number of benzene rings is 1. The molecule has 0 radical (unpaired) electrons. The number of hydrogen-bond donors (Lipinski definition) is 2. The lowest BCUT2D eigenvalue weighted by Gasteiger charge is -2.23. The SMILES string of the molecule is CC[C@@H]1CNC(=O)c2cnn3ccc(nc23)N[C@H](C)c2cc(F)ccc2O1. The van der Waals surface area contributed by atoms with Crippen molar-refractivity contribution in [3.05, 3.63) is 53.6 Å². The molecule has 1 aliphatic heterocycles. The Balaban J connectivity index is 1.82. The zero-order valence-electron chi connectivity index (χ0n) is 15.1. The van der Waals surface area contributed by atoms with Gasteiger partial charge in [0, 0.05) is 11.8 Å². The molecule has 0 saturated heterocycles. The van der Waals surface area contributed by atoms with Crippen LogP contribution in [-0.2, 0) is 0 Å². The van der Waals surface area contributed by atoms with Gasteiger partial charge in [0.2, 0.25) is 0 Å². The number of carbonyl (C=O) groups excluding carboxylic acids is 1. The number of anilines is 1. The number of hydrogen-bond acceptors (Lipinski definition) is 5. The smallest absolute Gasteiger partial charge is 0.256 e. The van der Waals surface area contributed by atoms with Crippen molar-refractivity contribution in [1.82, 2.24) is 19.9 Å². The number of aromatic nitrogens is 3. The summed E-state index contributed by atoms with van der Waals surface area (Å²) in [5, 5.41) is 10.3. The minimum Gasteiger partial charge on any atom is -0.488 e. The Morgan fingerprint density at radius 3 is 3.04 bits per heavy atom. The molecule has 0 fully saturated rings. The molecule has 2 aromatic heterocycles. The fourth-order valence-corrected chi connectivity index (χ4v) is 3.12. The minimum atomic E-state index is -0.335. The van der Waals surface area contributed by atoms with Gasteiger partial charge in [0.15, 0.2) is 5.65 Å². The maximum atomic E-state index is 13.9. The topological polar surface area (TPSA) is 80.6 Å². The molecule has 27 heavy (non-hydrogen) atoms. The fourth-order valence-electron chi connectivity index (χ4n) is 3.12. The zero-order chi connectivity index (χ0) is 19.0. The molecular weight excluding hydrogens is 349 g/mol. The van der Waals surface area contributed by atoms with Crippen LogP contribution in [0.2, 0.25) is 0 Å². The second-order valence-electron chi connectivity index (χ2n) is 6.55. The Morgan fingerprint density at radius 1 is 1.37 bits per heavy atom. The van der Waals surface area contributed by atoms with Crippen molar-refractivity contribution in [3.63, 3.8) is 0 Å². The monoisotopic (exact) mass is 369 g/mol. The summed E-state index contributed by atoms with van der Waals surface area (Å²) in [7, 11) is 0. The van der Waals surface area contributed by atoms with Gasteiger partial charge in [-0.2, -0.15) is 5.10 Å². The highest BCUT2D eigenvalue weighted by atomic mass is 19.1. The summed E-state index contributed by atoms with van der Waals surface area (Å²) in [6, 6.07) is 5.96. The van der Waals surface area contributed by atoms with E-state index in [0.717, 1.165) is 0 Å². The quantitative estimate of drug-likeness (QED) is 0.689. The average Bonchev–Trinajstić information content (AvgIpc) is 3.08. The van der Waals surface area contributed by atoms with Gasteiger partial charge in [-0.15, -0.1) is 0 Å². The lowest BCUT2D eigenvalue weighted by molar-refractivity contribution is 0.0927. The number of amides is 1. The normalized spacial score (nSPS) is 19.9. The molecule has 1 aliphatic rings. The third-order valence-corrected chi connectivity index (χ3v) is 4.66. The van der Waals surface area contributed by atoms with E-state index in [1.54, 1.807) is 22.8 Å². The lowest BCUT2D eigenvalue weighted by Crippen LogP contribution is -2.35. The molecule has 1 aromatic carbocycles. The first-order valence-electron chi connectivity index (χ1n) is 8.90. The van der Waals surface area contributed by atoms with Crippen LogP contribution in [0, 0.1) is 5.82 Å². The van der Waals surface area contributed by atoms with Gasteiger partial charge in [-0.25, -0.2) is 13.9 Å². The summed E-state index contributed by atoms with van der Waals surface area (Å²) in [6.45, 7) is 4.21. The van der Waals surface area contributed by atoms with Gasteiger partial charge in [-0.1, -0.05) is 6.92 Å². The van der Waals surface area contributed by atoms with E-state index in [1.807, 2.05) is 13.8 Å². The molecule has 0 unspecified atom stereocenters. The van der Waals surface area contributed by atoms with Crippen molar-refractivity contribution in [1.29, 1.82) is 0 Å². The van der Waals surface area contributed by atoms with Crippen molar-refractivity contribution < 1.29 is 13.9 Å². The van der Waals surface area contributed by atoms with Crippen LogP contribution in [0.3, 0.4) is 0 Å². The van der Waals surface area contributed by atoms with Crippen molar-refractivity contribution in [2.75, 3.05) is 11.9 Å². The molecule has 7 nitrogen and oxygen atoms in total. The van der Waals surface area contributed by atoms with Crippen LogP contribution in [0.4, 0.5) is 10.2 Å². The van der Waals surface area contributed by atoms with E-state index in [2.05, 4.69) is 20.7 Å². The Hall–Kier alpha value is -3.16. The summed E-state index contributed by atoms with van der Waals surface area (Å²) >= 11 is 0. The number of carbonyl (C=O) groups is 1. The molecule has 2 N–H and O–H groups in total. The Bertz CT molecular complexity index is 1000. The number of rotatable bonds is 1. The number of nitrogens with one attached hydrogen (secondary N) is 2. The molecule has 2 bridgehead atoms. The van der Waals surface area contributed by atoms with Crippen molar-refractivity contribution in [3.8, 4) is 5.75 Å². The summed E-state index contributed by atoms with van der Waals surface area (Å²) in [4.78, 5) is 17.1. The van der Waals surface area contributed by atoms with Gasteiger partial charge in [-0.3, -0.25) is 4.79 Å². The van der Waals surface area contributed by atoms with Crippen LogP contribution in [-0.4, -0.2) is 33.2 Å². The van der Waals surface area contributed by atoms with E-state index in [9.17, 15) is 9.18 Å². The molecule has 140 valence electrons. The molecule has 1 amide bonds. The fraction of sp³-hybridized carbons (Fsp3) is 0.316. The predicted octanol–water partition coefficient (Wildman–Crippen LogP) is 2.94. The van der Waals surface area contributed by atoms with Crippen LogP contribution >= 0.6 is 0 Å². The molecule has 0 aliphatic carbocycles. The Kier molecular flexibility index (Phi) is 4.39. The van der Waals surface area contributed by atoms with Gasteiger partial charge < -0.3 is 15.4 Å². The van der Waals surface area contributed by atoms with E-state index in [4.69, 9.17) is 4.74 Å². The van der Waals surface area contributed by atoms with Crippen LogP contribution in [0.25, 0.3) is 5.65 Å². The zero-order valence-corrected chi connectivity index (χ0v) is 15.1. The van der Waals surface area contributed by atoms with Gasteiger partial charge in [-0.05, 0) is 37.6 Å². The minimum absolute atomic E-state index is 0.242. The van der Waals surface area contributed by atoms with E-state index in [-0.39, 0.29) is 23.9 Å². The molecule has 3 aromatic rings. The second kappa shape index (κ2) is 6.86. The molecule has 0 spiro atoms. The van der Waals surface area contributed by atoms with E-state index in [1.165, 1.54) is 18.3 Å². The van der Waals surface area contributed by atoms with E-state index in [0.29, 0.717) is 41.3 Å². The highest BCUT2D eigenvalue weighted by Crippen LogP contribution is 2.30. The molecular formula is C19H20FN5O2. The van der Waals surface area contributed by atoms with Crippen LogP contribution in [0.15, 0.2) is 36.7 Å². The standard InChI is InChI=1S/C19H20FN5O2/c1-3-13-9-21-19(26)15-10-22-25-7-6-17(24-18(15)25)23-11(2)14-8-12(20)4-5-16(14)27-13/h4-8,10-11,13H,3,9H2,1-2H3,(H,21,26)(H,23,24)/t11-,13-/m1/s1. The van der Waals surface area contributed by atoms with Gasteiger partial charge in [0.1, 0.15) is 29.1 Å². The highest BCUT2D eigenvalue weighted by Gasteiger charge is 2.21. The lowest BCUT2D eigenvalue weighted by atomic mass is 10.1. The first kappa shape index (κ1) is 17.3. The predicted molar refractivity (Wildman–Crippen MR) is 98.5 cm³/mol. The number of nitrogens with zero attached hydrogens (tertiary/aromatic N) is 3. The first-order chi connectivity index (χ1) is 13.0. The third-order valence-electron chi connectivity index (χ3n) is 4.66. The number of halogens is 1. The second-order valence-corrected chi connectivity index (χ2v) is 6.55. The van der Waals surface area contributed by atoms with Gasteiger partial charge in [0.05, 0.1) is 18.8 Å². The Labute approximate surface area is 155 Å². The van der Waals surface area contributed by atoms with Crippen molar-refractivity contribution >= 4 is 17.4 Å². The van der Waals surface area contributed by atoms with Crippen LogP contribution < -0.4 is 15.4 Å². The van der Waals surface area contributed by atoms with Crippen molar-refractivity contribution in [2.24, 2.45) is 0 Å². The molecule has 4 rings (SSSR count). The van der Waals surface area contributed by atoms with Crippen molar-refractivity contribution in [2.45, 2.75) is 32.4 Å². The van der Waals surface area contributed by atoms with E-state index < -0.39 is 0 Å². The molecule has 2 atom stereocenters. The maximum Gasteiger partial charge on any atom is 0.256 e. The molecule has 3 heterocycles. The van der Waals surface area contributed by atoms with Crippen LogP contribution in [0.5, 0.6) is 5.75 Å². The highest BCUT2D eigenvalue weighted by molar-refractivity contribution is 5.99. The first-order valence-corrected chi connectivity index (χ1v) is 8.90. The summed E-state index contributed by atoms with van der Waals surface area (Å²) in [5.41, 5.74) is 1.54. The Morgan fingerprint density at radius 2 is 2.22 bits per heavy atom. The number of ether oxygens (including phenoxy) is 1. The average molecular weight is 369 g/mol. The number of fused-ring (bicyclic) bond motifs is 2.